The van der Waals surface area contributed by atoms with Gasteiger partial charge in [-0.1, -0.05) is 0 Å². The number of alkyl halides is 3. The number of aromatic nitrogens is 2. The SMILES string of the molecule is Cc1c(C#N)cnn1C(C)C(F)(F)F. The minimum atomic E-state index is -4.34. The number of hydrogen-bond acceptors (Lipinski definition) is 2. The van der Waals surface area contributed by atoms with Gasteiger partial charge < -0.3 is 0 Å². The van der Waals surface area contributed by atoms with Gasteiger partial charge in [0, 0.05) is 0 Å². The summed E-state index contributed by atoms with van der Waals surface area (Å²) in [5.74, 6) is 0. The Kier molecular flexibility index (Phi) is 2.51. The van der Waals surface area contributed by atoms with Gasteiger partial charge in [-0.05, 0) is 13.8 Å². The molecule has 0 aromatic carbocycles. The first kappa shape index (κ1) is 10.6. The first-order chi connectivity index (χ1) is 6.38. The van der Waals surface area contributed by atoms with Crippen molar-refractivity contribution >= 4 is 0 Å². The molecule has 1 rings (SSSR count). The van der Waals surface area contributed by atoms with Crippen LogP contribution in [0.1, 0.15) is 24.2 Å². The van der Waals surface area contributed by atoms with Gasteiger partial charge in [-0.25, -0.2) is 0 Å². The van der Waals surface area contributed by atoms with Crippen molar-refractivity contribution in [1.82, 2.24) is 9.78 Å². The predicted octanol–water partition coefficient (Wildman–Crippen LogP) is 2.19. The molecule has 1 heterocycles. The smallest absolute Gasteiger partial charge is 0.257 e. The van der Waals surface area contributed by atoms with E-state index in [2.05, 4.69) is 5.10 Å². The number of nitriles is 1. The monoisotopic (exact) mass is 203 g/mol. The number of rotatable bonds is 1. The van der Waals surface area contributed by atoms with Gasteiger partial charge in [-0.3, -0.25) is 4.68 Å². The molecule has 14 heavy (non-hydrogen) atoms. The van der Waals surface area contributed by atoms with Gasteiger partial charge in [-0.2, -0.15) is 23.5 Å². The summed E-state index contributed by atoms with van der Waals surface area (Å²) in [6.07, 6.45) is -3.21. The third-order valence-electron chi connectivity index (χ3n) is 2.01. The first-order valence-corrected chi connectivity index (χ1v) is 3.89. The van der Waals surface area contributed by atoms with Gasteiger partial charge in [0.15, 0.2) is 0 Å². The third kappa shape index (κ3) is 1.71. The highest BCUT2D eigenvalue weighted by Crippen LogP contribution is 2.30. The zero-order chi connectivity index (χ0) is 10.9. The molecule has 0 saturated carbocycles. The predicted molar refractivity (Wildman–Crippen MR) is 42.4 cm³/mol. The zero-order valence-electron chi connectivity index (χ0n) is 7.63. The van der Waals surface area contributed by atoms with E-state index in [1.165, 1.54) is 6.92 Å². The fourth-order valence-electron chi connectivity index (χ4n) is 1.06. The van der Waals surface area contributed by atoms with E-state index in [-0.39, 0.29) is 11.3 Å². The molecule has 0 bridgehead atoms. The summed E-state index contributed by atoms with van der Waals surface area (Å²) in [7, 11) is 0. The summed E-state index contributed by atoms with van der Waals surface area (Å²) in [6.45, 7) is 2.44. The van der Waals surface area contributed by atoms with E-state index in [1.54, 1.807) is 6.07 Å². The van der Waals surface area contributed by atoms with Gasteiger partial charge in [-0.15, -0.1) is 0 Å². The van der Waals surface area contributed by atoms with Crippen LogP contribution in [0.4, 0.5) is 13.2 Å². The molecule has 0 N–H and O–H groups in total. The molecule has 1 unspecified atom stereocenters. The van der Waals surface area contributed by atoms with E-state index in [0.717, 1.165) is 17.8 Å². The van der Waals surface area contributed by atoms with Crippen molar-refractivity contribution in [3.63, 3.8) is 0 Å². The van der Waals surface area contributed by atoms with Crippen molar-refractivity contribution in [3.8, 4) is 6.07 Å². The molecular weight excluding hydrogens is 195 g/mol. The van der Waals surface area contributed by atoms with E-state index in [0.29, 0.717) is 0 Å². The minimum Gasteiger partial charge on any atom is -0.257 e. The standard InChI is InChI=1S/C8H8F3N3/c1-5-7(3-12)4-13-14(5)6(2)8(9,10)11/h4,6H,1-2H3. The van der Waals surface area contributed by atoms with Gasteiger partial charge in [0.2, 0.25) is 0 Å². The Hall–Kier alpha value is -1.51. The summed E-state index contributed by atoms with van der Waals surface area (Å²) >= 11 is 0. The Labute approximate surface area is 78.8 Å². The molecule has 0 spiro atoms. The Morgan fingerprint density at radius 2 is 2.14 bits per heavy atom. The van der Waals surface area contributed by atoms with Crippen LogP contribution < -0.4 is 0 Å². The summed E-state index contributed by atoms with van der Waals surface area (Å²) in [5.41, 5.74) is 0.401. The van der Waals surface area contributed by atoms with Crippen LogP contribution in [0.5, 0.6) is 0 Å². The lowest BCUT2D eigenvalue weighted by molar-refractivity contribution is -0.165. The van der Waals surface area contributed by atoms with Gasteiger partial charge in [0.05, 0.1) is 17.5 Å². The highest BCUT2D eigenvalue weighted by Gasteiger charge is 2.38. The van der Waals surface area contributed by atoms with Crippen LogP contribution >= 0.6 is 0 Å². The van der Waals surface area contributed by atoms with Crippen molar-refractivity contribution in [1.29, 1.82) is 5.26 Å². The molecule has 6 heteroatoms. The van der Waals surface area contributed by atoms with E-state index >= 15 is 0 Å². The maximum atomic E-state index is 12.3. The quantitative estimate of drug-likeness (QED) is 0.701. The maximum absolute atomic E-state index is 12.3. The molecule has 76 valence electrons. The van der Waals surface area contributed by atoms with Gasteiger partial charge in [0.25, 0.3) is 0 Å². The molecular formula is C8H8F3N3. The van der Waals surface area contributed by atoms with Crippen molar-refractivity contribution in [2.45, 2.75) is 26.1 Å². The molecule has 0 radical (unpaired) electrons. The lowest BCUT2D eigenvalue weighted by Crippen LogP contribution is -2.25. The summed E-state index contributed by atoms with van der Waals surface area (Å²) in [6, 6.07) is 0.0672. The average Bonchev–Trinajstić information content (AvgIpc) is 2.43. The summed E-state index contributed by atoms with van der Waals surface area (Å²) < 4.78 is 37.7. The largest absolute Gasteiger partial charge is 0.410 e. The average molecular weight is 203 g/mol. The molecule has 1 aromatic rings. The van der Waals surface area contributed by atoms with Gasteiger partial charge >= 0.3 is 6.18 Å². The van der Waals surface area contributed by atoms with E-state index in [9.17, 15) is 13.2 Å². The van der Waals surface area contributed by atoms with Crippen LogP contribution in [-0.4, -0.2) is 16.0 Å². The Morgan fingerprint density at radius 3 is 2.50 bits per heavy atom. The Morgan fingerprint density at radius 1 is 1.57 bits per heavy atom. The Balaban J connectivity index is 3.10. The molecule has 0 saturated heterocycles. The fraction of sp³-hybridized carbons (Fsp3) is 0.500. The normalized spacial score (nSPS) is 13.7. The molecule has 1 aromatic heterocycles. The highest BCUT2D eigenvalue weighted by molar-refractivity contribution is 5.30. The van der Waals surface area contributed by atoms with Crippen LogP contribution in [-0.2, 0) is 0 Å². The maximum Gasteiger partial charge on any atom is 0.410 e. The fourth-order valence-corrected chi connectivity index (χ4v) is 1.06. The molecule has 0 aliphatic heterocycles. The van der Waals surface area contributed by atoms with Crippen molar-refractivity contribution in [2.24, 2.45) is 0 Å². The van der Waals surface area contributed by atoms with E-state index in [1.807, 2.05) is 0 Å². The molecule has 0 aliphatic carbocycles. The van der Waals surface area contributed by atoms with Crippen LogP contribution in [0.25, 0.3) is 0 Å². The zero-order valence-corrected chi connectivity index (χ0v) is 7.63. The lowest BCUT2D eigenvalue weighted by Gasteiger charge is -2.17. The highest BCUT2D eigenvalue weighted by atomic mass is 19.4. The van der Waals surface area contributed by atoms with Crippen LogP contribution in [0.3, 0.4) is 0 Å². The summed E-state index contributed by atoms with van der Waals surface area (Å²) in [5, 5.41) is 12.1. The molecule has 3 nitrogen and oxygen atoms in total. The van der Waals surface area contributed by atoms with E-state index < -0.39 is 12.2 Å². The van der Waals surface area contributed by atoms with Gasteiger partial charge in [0.1, 0.15) is 12.1 Å². The topological polar surface area (TPSA) is 41.6 Å². The van der Waals surface area contributed by atoms with E-state index in [4.69, 9.17) is 5.26 Å². The van der Waals surface area contributed by atoms with Crippen LogP contribution in [0, 0.1) is 18.3 Å². The number of halogens is 3. The second-order valence-corrected chi connectivity index (χ2v) is 2.92. The van der Waals surface area contributed by atoms with Crippen LogP contribution in [0.2, 0.25) is 0 Å². The number of hydrogen-bond donors (Lipinski definition) is 0. The van der Waals surface area contributed by atoms with Crippen LogP contribution in [0.15, 0.2) is 6.20 Å². The molecule has 0 fully saturated rings. The minimum absolute atomic E-state index is 0.168. The van der Waals surface area contributed by atoms with Crippen molar-refractivity contribution < 1.29 is 13.2 Å². The Bertz CT molecular complexity index is 372. The third-order valence-corrected chi connectivity index (χ3v) is 2.01. The number of nitrogens with zero attached hydrogens (tertiary/aromatic N) is 3. The molecule has 0 amide bonds. The van der Waals surface area contributed by atoms with Crippen molar-refractivity contribution in [3.05, 3.63) is 17.5 Å². The van der Waals surface area contributed by atoms with Crippen molar-refractivity contribution in [2.75, 3.05) is 0 Å². The summed E-state index contributed by atoms with van der Waals surface area (Å²) in [4.78, 5) is 0. The second-order valence-electron chi connectivity index (χ2n) is 2.92. The first-order valence-electron chi connectivity index (χ1n) is 3.89. The second kappa shape index (κ2) is 3.33. The molecule has 1 atom stereocenters. The molecule has 0 aliphatic rings. The lowest BCUT2D eigenvalue weighted by atomic mass is 10.2.